The Morgan fingerprint density at radius 2 is 2.00 bits per heavy atom. The third kappa shape index (κ3) is 3.58. The summed E-state index contributed by atoms with van der Waals surface area (Å²) in [5, 5.41) is 7.81. The number of thioether (sulfide) groups is 1. The van der Waals surface area contributed by atoms with Crippen LogP contribution in [0.1, 0.15) is 26.3 Å². The molecule has 0 aliphatic carbocycles. The van der Waals surface area contributed by atoms with E-state index < -0.39 is 12.6 Å². The predicted molar refractivity (Wildman–Crippen MR) is 56.2 cm³/mol. The minimum atomic E-state index is -4.14. The summed E-state index contributed by atoms with van der Waals surface area (Å²) in [7, 11) is 0. The molecule has 0 saturated heterocycles. The Morgan fingerprint density at radius 3 is 2.50 bits per heavy atom. The predicted octanol–water partition coefficient (Wildman–Crippen LogP) is 2.49. The van der Waals surface area contributed by atoms with Crippen LogP contribution in [0, 0.1) is 0 Å². The van der Waals surface area contributed by atoms with Crippen LogP contribution in [0.4, 0.5) is 19.1 Å². The molecule has 0 aliphatic rings. The SMILES string of the molecule is CC(C)n1c(N)nnc1SCCC(F)(F)F. The average molecular weight is 254 g/mol. The Kier molecular flexibility index (Phi) is 4.06. The zero-order chi connectivity index (χ0) is 12.3. The van der Waals surface area contributed by atoms with Gasteiger partial charge < -0.3 is 5.73 Å². The lowest BCUT2D eigenvalue weighted by atomic mass is 10.4. The highest BCUT2D eigenvalue weighted by Crippen LogP contribution is 2.27. The second kappa shape index (κ2) is 4.94. The first kappa shape index (κ1) is 13.1. The second-order valence-electron chi connectivity index (χ2n) is 3.52. The summed E-state index contributed by atoms with van der Waals surface area (Å²) in [6, 6.07) is 0.0309. The summed E-state index contributed by atoms with van der Waals surface area (Å²) < 4.78 is 37.4. The monoisotopic (exact) mass is 254 g/mol. The third-order valence-electron chi connectivity index (χ3n) is 1.82. The molecule has 1 heterocycles. The Balaban J connectivity index is 2.61. The maximum Gasteiger partial charge on any atom is 0.389 e. The third-order valence-corrected chi connectivity index (χ3v) is 2.77. The van der Waals surface area contributed by atoms with Gasteiger partial charge in [0.15, 0.2) is 5.16 Å². The number of halogens is 3. The Labute approximate surface area is 95.4 Å². The zero-order valence-corrected chi connectivity index (χ0v) is 9.77. The van der Waals surface area contributed by atoms with E-state index in [1.165, 1.54) is 0 Å². The van der Waals surface area contributed by atoms with Crippen LogP contribution in [0.25, 0.3) is 0 Å². The van der Waals surface area contributed by atoms with Crippen molar-refractivity contribution in [1.29, 1.82) is 0 Å². The fraction of sp³-hybridized carbons (Fsp3) is 0.750. The van der Waals surface area contributed by atoms with E-state index in [1.807, 2.05) is 13.8 Å². The van der Waals surface area contributed by atoms with Crippen LogP contribution in [0.2, 0.25) is 0 Å². The van der Waals surface area contributed by atoms with Gasteiger partial charge in [0.25, 0.3) is 0 Å². The lowest BCUT2D eigenvalue weighted by molar-refractivity contribution is -0.129. The topological polar surface area (TPSA) is 56.7 Å². The van der Waals surface area contributed by atoms with E-state index in [0.29, 0.717) is 5.16 Å². The van der Waals surface area contributed by atoms with Crippen LogP contribution in [0.3, 0.4) is 0 Å². The van der Waals surface area contributed by atoms with Gasteiger partial charge in [-0.2, -0.15) is 13.2 Å². The van der Waals surface area contributed by atoms with Gasteiger partial charge in [0.05, 0.1) is 6.42 Å². The highest BCUT2D eigenvalue weighted by molar-refractivity contribution is 7.99. The van der Waals surface area contributed by atoms with Crippen LogP contribution in [-0.2, 0) is 0 Å². The van der Waals surface area contributed by atoms with Gasteiger partial charge in [0.2, 0.25) is 5.95 Å². The molecule has 0 amide bonds. The maximum absolute atomic E-state index is 11.9. The van der Waals surface area contributed by atoms with Gasteiger partial charge in [-0.25, -0.2) is 0 Å². The lowest BCUT2D eigenvalue weighted by Gasteiger charge is -2.11. The van der Waals surface area contributed by atoms with Gasteiger partial charge in [0.1, 0.15) is 0 Å². The molecule has 0 spiro atoms. The molecule has 0 unspecified atom stereocenters. The van der Waals surface area contributed by atoms with E-state index >= 15 is 0 Å². The normalized spacial score (nSPS) is 12.4. The maximum atomic E-state index is 11.9. The summed E-state index contributed by atoms with van der Waals surface area (Å²) in [6.07, 6.45) is -4.98. The van der Waals surface area contributed by atoms with Crippen LogP contribution in [-0.4, -0.2) is 26.7 Å². The van der Waals surface area contributed by atoms with Gasteiger partial charge >= 0.3 is 6.18 Å². The van der Waals surface area contributed by atoms with E-state index in [-0.39, 0.29) is 17.7 Å². The minimum Gasteiger partial charge on any atom is -0.368 e. The number of anilines is 1. The molecule has 1 aromatic rings. The summed E-state index contributed by atoms with van der Waals surface area (Å²) in [5.74, 6) is 0.151. The summed E-state index contributed by atoms with van der Waals surface area (Å²) in [5.41, 5.74) is 5.55. The number of alkyl halides is 3. The molecule has 0 aromatic carbocycles. The molecule has 92 valence electrons. The molecule has 16 heavy (non-hydrogen) atoms. The quantitative estimate of drug-likeness (QED) is 0.839. The van der Waals surface area contributed by atoms with E-state index in [2.05, 4.69) is 10.2 Å². The van der Waals surface area contributed by atoms with Crippen LogP contribution in [0.15, 0.2) is 5.16 Å². The molecule has 0 bridgehead atoms. The summed E-state index contributed by atoms with van der Waals surface area (Å²) in [6.45, 7) is 3.74. The molecule has 8 heteroatoms. The fourth-order valence-corrected chi connectivity index (χ4v) is 2.19. The number of rotatable bonds is 4. The van der Waals surface area contributed by atoms with Crippen molar-refractivity contribution < 1.29 is 13.2 Å². The average Bonchev–Trinajstić information content (AvgIpc) is 2.44. The Hall–Kier alpha value is -0.920. The van der Waals surface area contributed by atoms with Crippen molar-refractivity contribution in [3.63, 3.8) is 0 Å². The molecule has 1 rings (SSSR count). The van der Waals surface area contributed by atoms with E-state index in [1.54, 1.807) is 4.57 Å². The van der Waals surface area contributed by atoms with E-state index in [0.717, 1.165) is 11.8 Å². The molecule has 0 fully saturated rings. The standard InChI is InChI=1S/C8H13F3N4S/c1-5(2)15-6(12)13-14-7(15)16-4-3-8(9,10)11/h5H,3-4H2,1-2H3,(H2,12,13). The van der Waals surface area contributed by atoms with Gasteiger partial charge in [-0.1, -0.05) is 11.8 Å². The number of hydrogen-bond donors (Lipinski definition) is 1. The molecular weight excluding hydrogens is 241 g/mol. The highest BCUT2D eigenvalue weighted by Gasteiger charge is 2.27. The van der Waals surface area contributed by atoms with Gasteiger partial charge in [-0.05, 0) is 13.8 Å². The van der Waals surface area contributed by atoms with Crippen molar-refractivity contribution in [1.82, 2.24) is 14.8 Å². The lowest BCUT2D eigenvalue weighted by Crippen LogP contribution is -2.10. The number of nitrogens with two attached hydrogens (primary N) is 1. The Bertz CT molecular complexity index is 348. The van der Waals surface area contributed by atoms with E-state index in [9.17, 15) is 13.2 Å². The molecule has 1 aromatic heterocycles. The van der Waals surface area contributed by atoms with Crippen molar-refractivity contribution in [3.8, 4) is 0 Å². The van der Waals surface area contributed by atoms with Crippen molar-refractivity contribution in [3.05, 3.63) is 0 Å². The molecule has 0 aliphatic heterocycles. The second-order valence-corrected chi connectivity index (χ2v) is 4.58. The molecule has 2 N–H and O–H groups in total. The minimum absolute atomic E-state index is 0.0309. The molecule has 0 saturated carbocycles. The van der Waals surface area contributed by atoms with Crippen molar-refractivity contribution in [2.45, 2.75) is 37.6 Å². The van der Waals surface area contributed by atoms with Crippen molar-refractivity contribution in [2.75, 3.05) is 11.5 Å². The first-order valence-electron chi connectivity index (χ1n) is 4.71. The molecule has 0 atom stereocenters. The molecule has 0 radical (unpaired) electrons. The number of nitrogen functional groups attached to an aromatic ring is 1. The van der Waals surface area contributed by atoms with Crippen molar-refractivity contribution >= 4 is 17.7 Å². The first-order chi connectivity index (χ1) is 7.31. The van der Waals surface area contributed by atoms with Crippen LogP contribution < -0.4 is 5.73 Å². The van der Waals surface area contributed by atoms with Gasteiger partial charge in [-0.15, -0.1) is 10.2 Å². The van der Waals surface area contributed by atoms with Crippen LogP contribution in [0.5, 0.6) is 0 Å². The smallest absolute Gasteiger partial charge is 0.368 e. The summed E-state index contributed by atoms with van der Waals surface area (Å²) in [4.78, 5) is 0. The van der Waals surface area contributed by atoms with Gasteiger partial charge in [0, 0.05) is 11.8 Å². The largest absolute Gasteiger partial charge is 0.389 e. The molecule has 4 nitrogen and oxygen atoms in total. The Morgan fingerprint density at radius 1 is 1.38 bits per heavy atom. The summed E-state index contributed by atoms with van der Waals surface area (Å²) >= 11 is 1.01. The number of hydrogen-bond acceptors (Lipinski definition) is 4. The zero-order valence-electron chi connectivity index (χ0n) is 8.95. The first-order valence-corrected chi connectivity index (χ1v) is 5.69. The van der Waals surface area contributed by atoms with Gasteiger partial charge in [-0.3, -0.25) is 4.57 Å². The highest BCUT2D eigenvalue weighted by atomic mass is 32.2. The number of aromatic nitrogens is 3. The van der Waals surface area contributed by atoms with Crippen molar-refractivity contribution in [2.24, 2.45) is 0 Å². The fourth-order valence-electron chi connectivity index (χ4n) is 1.13. The van der Waals surface area contributed by atoms with E-state index in [4.69, 9.17) is 5.73 Å². The number of nitrogens with zero attached hydrogens (tertiary/aromatic N) is 3. The van der Waals surface area contributed by atoms with Crippen LogP contribution >= 0.6 is 11.8 Å². The molecular formula is C8H13F3N4S.